The van der Waals surface area contributed by atoms with Crippen LogP contribution in [0.1, 0.15) is 40.2 Å². The Bertz CT molecular complexity index is 5280. The zero-order valence-electron chi connectivity index (χ0n) is 70.5. The summed E-state index contributed by atoms with van der Waals surface area (Å²) in [6, 6.07) is 79.1. The van der Waals surface area contributed by atoms with E-state index < -0.39 is 0 Å². The summed E-state index contributed by atoms with van der Waals surface area (Å²) >= 11 is 0. The predicted octanol–water partition coefficient (Wildman–Crippen LogP) is 10.9. The van der Waals surface area contributed by atoms with Gasteiger partial charge in [0, 0.05) is 145 Å². The van der Waals surface area contributed by atoms with Crippen LogP contribution in [0.5, 0.6) is 0 Å². The first-order chi connectivity index (χ1) is 54.9. The van der Waals surface area contributed by atoms with E-state index in [1.165, 1.54) is 114 Å². The Morgan fingerprint density at radius 3 is 0.754 bits per heavy atom. The molecule has 10 aromatic heterocycles. The molecule has 0 saturated carbocycles. The minimum absolute atomic E-state index is 0.267. The molecule has 20 nitrogen and oxygen atoms in total. The number of anilines is 9. The molecule has 5 aliphatic heterocycles. The van der Waals surface area contributed by atoms with Crippen molar-refractivity contribution in [3.63, 3.8) is 0 Å². The third-order valence-corrected chi connectivity index (χ3v) is 23.4. The topological polar surface area (TPSA) is 71.2 Å². The molecule has 0 aliphatic carbocycles. The molecule has 0 N–H and O–H groups in total. The first kappa shape index (κ1) is 79.3. The minimum atomic E-state index is 0.267. The molecule has 20 heteroatoms. The lowest BCUT2D eigenvalue weighted by atomic mass is 10.1. The van der Waals surface area contributed by atoms with Gasteiger partial charge in [0.05, 0.1) is 46.6 Å². The first-order valence-corrected chi connectivity index (χ1v) is 39.4. The Labute approximate surface area is 676 Å². The SMILES string of the molecule is C[C@H]1N(C)C=CN1c1cccc(-c2cccc[n+]2C)[n+]1C.C[C@H]1N(C)C=CN1c1cccc(-c2cccc[n+]2C)[n+]1C.C[C@H]1N(C)c2ccccc2N1c1cccc(-c2cccc[n+]2C)[n+]1C.C[C@H]1N(C)c2ccccc2N1c1cccc(-c2cccc[n+]2C)[n+]1C.Cc1cc[n+](C)c(-c2cccc(N3C=CN(C)[C@@H]3C)[n+]2C)c1. The molecule has 0 radical (unpaired) electrons. The van der Waals surface area contributed by atoms with Crippen LogP contribution in [-0.2, 0) is 70.5 Å². The van der Waals surface area contributed by atoms with Crippen LogP contribution in [0, 0.1) is 6.92 Å². The molecule has 5 atom stereocenters. The third-order valence-electron chi connectivity index (χ3n) is 23.4. The number of pyridine rings is 10. The number of nitrogens with zero attached hydrogens (tertiary/aromatic N) is 20. The molecule has 582 valence electrons. The number of aromatic nitrogens is 10. The monoisotopic (exact) mass is 1520 g/mol. The Morgan fingerprint density at radius 2 is 0.474 bits per heavy atom. The van der Waals surface area contributed by atoms with E-state index in [0.29, 0.717) is 18.5 Å². The van der Waals surface area contributed by atoms with Crippen LogP contribution >= 0.6 is 0 Å². The van der Waals surface area contributed by atoms with Crippen LogP contribution in [-0.4, -0.2) is 80.8 Å². The molecular weight excluding hydrogens is 1410 g/mol. The molecule has 12 aromatic rings. The van der Waals surface area contributed by atoms with Crippen LogP contribution in [0.4, 0.5) is 51.8 Å². The molecule has 0 unspecified atom stereocenters. The molecule has 0 fully saturated rings. The Hall–Kier alpha value is -12.8. The molecule has 0 spiro atoms. The average Bonchev–Trinajstić information content (AvgIpc) is 1.59. The summed E-state index contributed by atoms with van der Waals surface area (Å²) in [5.74, 6) is 5.93. The van der Waals surface area contributed by atoms with Crippen molar-refractivity contribution in [2.45, 2.75) is 72.4 Å². The zero-order valence-corrected chi connectivity index (χ0v) is 70.5. The summed E-state index contributed by atoms with van der Waals surface area (Å²) < 4.78 is 22.1. The van der Waals surface area contributed by atoms with Crippen molar-refractivity contribution in [2.24, 2.45) is 70.5 Å². The number of fused-ring (bicyclic) bond motifs is 2. The maximum absolute atomic E-state index is 2.40. The third kappa shape index (κ3) is 15.6. The van der Waals surface area contributed by atoms with E-state index in [-0.39, 0.29) is 12.3 Å². The van der Waals surface area contributed by atoms with E-state index in [4.69, 9.17) is 0 Å². The standard InChI is InChI=1S/2C21H24N4.C18H24N4.2C17H22N4/c2*1-16-23(3)19-11-5-6-12-20(19)25(16)21-14-9-13-18(24(21)4)17-10-7-8-15-22(17)2;1-14-9-10-20(4)17(13-14)16-7-6-8-18(21(16)5)22-12-11-19(3)15(22)2;2*1-14-18(2)12-13-21(14)17-10-7-9-16(20(17)4)15-8-5-6-11-19(15)3/h2*5-16H,1-4H3;6-13,15H,1-5H3;2*5-14H,1-4H3/q5*+2/t2*16-;15-;2*14-/m00000/s1. The van der Waals surface area contributed by atoms with E-state index in [2.05, 4.69) is 522 Å². The normalized spacial score (nSPS) is 17.0. The highest BCUT2D eigenvalue weighted by Gasteiger charge is 2.42. The number of hydrogen-bond donors (Lipinski definition) is 0. The Morgan fingerprint density at radius 1 is 0.228 bits per heavy atom. The molecule has 5 aliphatic rings. The van der Waals surface area contributed by atoms with E-state index in [1.54, 1.807) is 0 Å². The van der Waals surface area contributed by atoms with Gasteiger partial charge < -0.3 is 24.5 Å². The average molecular weight is 1530 g/mol. The van der Waals surface area contributed by atoms with Gasteiger partial charge in [0.15, 0.2) is 102 Å². The minimum Gasteiger partial charge on any atom is -0.339 e. The number of benzene rings is 2. The van der Waals surface area contributed by atoms with Gasteiger partial charge in [0.1, 0.15) is 53.8 Å². The molecule has 15 heterocycles. The van der Waals surface area contributed by atoms with Gasteiger partial charge in [0.2, 0.25) is 0 Å². The molecule has 0 amide bonds. The number of para-hydroxylation sites is 4. The molecule has 0 bridgehead atoms. The molecule has 0 saturated heterocycles. The van der Waals surface area contributed by atoms with Crippen molar-refractivity contribution < 1.29 is 45.7 Å². The lowest BCUT2D eigenvalue weighted by Crippen LogP contribution is -2.45. The van der Waals surface area contributed by atoms with Crippen molar-refractivity contribution in [1.82, 2.24) is 14.7 Å². The quantitative estimate of drug-likeness (QED) is 0.124. The van der Waals surface area contributed by atoms with Gasteiger partial charge in [-0.15, -0.1) is 0 Å². The van der Waals surface area contributed by atoms with E-state index in [9.17, 15) is 0 Å². The zero-order chi connectivity index (χ0) is 80.9. The van der Waals surface area contributed by atoms with Crippen LogP contribution in [0.3, 0.4) is 0 Å². The van der Waals surface area contributed by atoms with Crippen molar-refractivity contribution in [3.8, 4) is 56.9 Å². The van der Waals surface area contributed by atoms with Crippen LogP contribution in [0.25, 0.3) is 56.9 Å². The smallest absolute Gasteiger partial charge is 0.283 e. The highest BCUT2D eigenvalue weighted by molar-refractivity contribution is 5.83. The summed E-state index contributed by atoms with van der Waals surface area (Å²) in [5, 5.41) is 0. The summed E-state index contributed by atoms with van der Waals surface area (Å²) in [7, 11) is 31.7. The fraction of sp³-hybridized carbons (Fsp3) is 0.277. The summed E-state index contributed by atoms with van der Waals surface area (Å²) in [6.45, 7) is 13.2. The van der Waals surface area contributed by atoms with Crippen LogP contribution in [0.15, 0.2) is 293 Å². The van der Waals surface area contributed by atoms with Gasteiger partial charge >= 0.3 is 0 Å². The van der Waals surface area contributed by atoms with Crippen LogP contribution in [0.2, 0.25) is 0 Å². The maximum Gasteiger partial charge on any atom is 0.283 e. The molecular formula is C94H116N20+10. The lowest BCUT2D eigenvalue weighted by Gasteiger charge is -2.22. The van der Waals surface area contributed by atoms with Crippen molar-refractivity contribution in [2.75, 3.05) is 69.5 Å². The van der Waals surface area contributed by atoms with Gasteiger partial charge in [-0.2, -0.15) is 22.8 Å². The number of hydrogen-bond acceptors (Lipinski definition) is 10. The van der Waals surface area contributed by atoms with E-state index >= 15 is 0 Å². The fourth-order valence-electron chi connectivity index (χ4n) is 15.9. The predicted molar refractivity (Wildman–Crippen MR) is 455 cm³/mol. The van der Waals surface area contributed by atoms with E-state index in [1.807, 2.05) is 12.1 Å². The van der Waals surface area contributed by atoms with Gasteiger partial charge in [-0.3, -0.25) is 0 Å². The molecule has 2 aromatic carbocycles. The summed E-state index contributed by atoms with van der Waals surface area (Å²) in [5.41, 5.74) is 18.3. The molecule has 17 rings (SSSR count). The Balaban J connectivity index is 0.000000125. The second-order valence-corrected chi connectivity index (χ2v) is 30.3. The van der Waals surface area contributed by atoms with Crippen LogP contribution < -0.4 is 80.0 Å². The fourth-order valence-corrected chi connectivity index (χ4v) is 15.9. The van der Waals surface area contributed by atoms with E-state index in [0.717, 1.165) is 0 Å². The highest BCUT2D eigenvalue weighted by Crippen LogP contribution is 2.44. The number of rotatable bonds is 10. The van der Waals surface area contributed by atoms with Gasteiger partial charge in [0.25, 0.3) is 57.6 Å². The molecule has 114 heavy (non-hydrogen) atoms. The van der Waals surface area contributed by atoms with Gasteiger partial charge in [-0.1, -0.05) is 24.3 Å². The second-order valence-electron chi connectivity index (χ2n) is 30.3. The Kier molecular flexibility index (Phi) is 23.6. The van der Waals surface area contributed by atoms with Gasteiger partial charge in [-0.05, 0) is 156 Å². The summed E-state index contributed by atoms with van der Waals surface area (Å²) in [6.07, 6.45) is 24.7. The highest BCUT2D eigenvalue weighted by atomic mass is 15.5. The number of aryl methyl sites for hydroxylation is 6. The van der Waals surface area contributed by atoms with Crippen molar-refractivity contribution in [1.29, 1.82) is 0 Å². The largest absolute Gasteiger partial charge is 0.339 e. The maximum atomic E-state index is 2.40. The second kappa shape index (κ2) is 34.0. The lowest BCUT2D eigenvalue weighted by molar-refractivity contribution is -0.684. The van der Waals surface area contributed by atoms with Crippen molar-refractivity contribution >= 4 is 51.8 Å². The van der Waals surface area contributed by atoms with Gasteiger partial charge in [-0.25, -0.2) is 47.3 Å². The van der Waals surface area contributed by atoms with Crippen molar-refractivity contribution in [3.05, 3.63) is 298 Å². The summed E-state index contributed by atoms with van der Waals surface area (Å²) in [4.78, 5) is 22.9. The first-order valence-electron chi connectivity index (χ1n) is 39.4.